The molecule has 0 spiro atoms. The summed E-state index contributed by atoms with van der Waals surface area (Å²) in [5, 5.41) is 1.92. The molecule has 2 heteroatoms. The van der Waals surface area contributed by atoms with E-state index in [0.717, 1.165) is 16.0 Å². The molecule has 0 aliphatic rings. The lowest BCUT2D eigenvalue weighted by Crippen LogP contribution is -1.99. The fourth-order valence-corrected chi connectivity index (χ4v) is 2.12. The summed E-state index contributed by atoms with van der Waals surface area (Å²) in [5.74, 6) is 0.119. The number of carbonyl (C=O) groups is 1. The lowest BCUT2D eigenvalue weighted by Gasteiger charge is -2.02. The van der Waals surface area contributed by atoms with Crippen LogP contribution in [0.5, 0.6) is 0 Å². The number of hydrogen-bond acceptors (Lipinski definition) is 2. The summed E-state index contributed by atoms with van der Waals surface area (Å²) in [6.45, 7) is 4.08. The van der Waals surface area contributed by atoms with Crippen molar-refractivity contribution in [2.24, 2.45) is 0 Å². The second kappa shape index (κ2) is 3.99. The Bertz CT molecular complexity index is 483. The second-order valence-corrected chi connectivity index (χ2v) is 4.55. The highest BCUT2D eigenvalue weighted by molar-refractivity contribution is 7.12. The third-order valence-corrected chi connectivity index (χ3v) is 3.38. The topological polar surface area (TPSA) is 17.1 Å². The van der Waals surface area contributed by atoms with Crippen molar-refractivity contribution in [3.05, 3.63) is 57.3 Å². The van der Waals surface area contributed by atoms with E-state index in [1.165, 1.54) is 16.9 Å². The summed E-state index contributed by atoms with van der Waals surface area (Å²) in [5.41, 5.74) is 3.16. The molecular formula is C13H12OS. The maximum atomic E-state index is 12.0. The SMILES string of the molecule is Cc1ccc(C(=O)c2cccs2)cc1C. The van der Waals surface area contributed by atoms with Crippen molar-refractivity contribution in [1.82, 2.24) is 0 Å². The van der Waals surface area contributed by atoms with Gasteiger partial charge in [-0.3, -0.25) is 4.79 Å². The van der Waals surface area contributed by atoms with Gasteiger partial charge in [-0.25, -0.2) is 0 Å². The van der Waals surface area contributed by atoms with Gasteiger partial charge in [-0.2, -0.15) is 0 Å². The predicted molar refractivity (Wildman–Crippen MR) is 63.7 cm³/mol. The van der Waals surface area contributed by atoms with Gasteiger partial charge in [0.2, 0.25) is 5.78 Å². The fourth-order valence-electron chi connectivity index (χ4n) is 1.43. The van der Waals surface area contributed by atoms with Crippen molar-refractivity contribution in [3.8, 4) is 0 Å². The van der Waals surface area contributed by atoms with Gasteiger partial charge in [-0.15, -0.1) is 11.3 Å². The summed E-state index contributed by atoms with van der Waals surface area (Å²) in [6.07, 6.45) is 0. The summed E-state index contributed by atoms with van der Waals surface area (Å²) in [6, 6.07) is 9.61. The van der Waals surface area contributed by atoms with Crippen LogP contribution in [0, 0.1) is 13.8 Å². The van der Waals surface area contributed by atoms with Crippen molar-refractivity contribution in [3.63, 3.8) is 0 Å². The van der Waals surface area contributed by atoms with Crippen LogP contribution < -0.4 is 0 Å². The Morgan fingerprint density at radius 2 is 1.93 bits per heavy atom. The maximum Gasteiger partial charge on any atom is 0.202 e. The van der Waals surface area contributed by atoms with Crippen LogP contribution in [-0.4, -0.2) is 5.78 Å². The zero-order valence-corrected chi connectivity index (χ0v) is 9.60. The first-order valence-corrected chi connectivity index (χ1v) is 5.72. The molecule has 0 radical (unpaired) electrons. The fraction of sp³-hybridized carbons (Fsp3) is 0.154. The van der Waals surface area contributed by atoms with Crippen LogP contribution in [-0.2, 0) is 0 Å². The smallest absolute Gasteiger partial charge is 0.202 e. The largest absolute Gasteiger partial charge is 0.288 e. The number of aryl methyl sites for hydroxylation is 2. The van der Waals surface area contributed by atoms with Crippen molar-refractivity contribution in [2.75, 3.05) is 0 Å². The highest BCUT2D eigenvalue weighted by atomic mass is 32.1. The number of carbonyl (C=O) groups excluding carboxylic acids is 1. The van der Waals surface area contributed by atoms with E-state index in [9.17, 15) is 4.79 Å². The Kier molecular flexibility index (Phi) is 2.69. The normalized spacial score (nSPS) is 10.3. The number of rotatable bonds is 2. The molecule has 0 N–H and O–H groups in total. The van der Waals surface area contributed by atoms with Crippen molar-refractivity contribution < 1.29 is 4.79 Å². The van der Waals surface area contributed by atoms with Crippen LogP contribution in [0.2, 0.25) is 0 Å². The van der Waals surface area contributed by atoms with Gasteiger partial charge in [0.05, 0.1) is 4.88 Å². The minimum atomic E-state index is 0.119. The molecule has 0 unspecified atom stereocenters. The van der Waals surface area contributed by atoms with Gasteiger partial charge in [-0.05, 0) is 42.5 Å². The second-order valence-electron chi connectivity index (χ2n) is 3.61. The van der Waals surface area contributed by atoms with Gasteiger partial charge in [0.25, 0.3) is 0 Å². The van der Waals surface area contributed by atoms with Crippen molar-refractivity contribution >= 4 is 17.1 Å². The van der Waals surface area contributed by atoms with Crippen molar-refractivity contribution in [2.45, 2.75) is 13.8 Å². The highest BCUT2D eigenvalue weighted by Crippen LogP contribution is 2.17. The van der Waals surface area contributed by atoms with E-state index < -0.39 is 0 Å². The number of hydrogen-bond donors (Lipinski definition) is 0. The van der Waals surface area contributed by atoms with Crippen LogP contribution in [0.1, 0.15) is 26.4 Å². The third kappa shape index (κ3) is 2.00. The molecule has 0 saturated carbocycles. The molecule has 0 aliphatic carbocycles. The molecule has 0 fully saturated rings. The molecule has 1 heterocycles. The predicted octanol–water partition coefficient (Wildman–Crippen LogP) is 3.60. The van der Waals surface area contributed by atoms with Crippen LogP contribution in [0.15, 0.2) is 35.7 Å². The molecule has 1 nitrogen and oxygen atoms in total. The van der Waals surface area contributed by atoms with Crippen LogP contribution in [0.25, 0.3) is 0 Å². The zero-order chi connectivity index (χ0) is 10.8. The van der Waals surface area contributed by atoms with E-state index in [-0.39, 0.29) is 5.78 Å². The molecule has 76 valence electrons. The molecule has 0 aliphatic heterocycles. The Balaban J connectivity index is 2.39. The average molecular weight is 216 g/mol. The Morgan fingerprint density at radius 3 is 2.53 bits per heavy atom. The van der Waals surface area contributed by atoms with Gasteiger partial charge in [0.15, 0.2) is 0 Å². The lowest BCUT2D eigenvalue weighted by molar-refractivity contribution is 0.104. The average Bonchev–Trinajstić information content (AvgIpc) is 2.74. The monoisotopic (exact) mass is 216 g/mol. The first-order chi connectivity index (χ1) is 7.18. The van der Waals surface area contributed by atoms with Gasteiger partial charge in [0, 0.05) is 5.56 Å². The molecular weight excluding hydrogens is 204 g/mol. The maximum absolute atomic E-state index is 12.0. The summed E-state index contributed by atoms with van der Waals surface area (Å²) in [4.78, 5) is 12.8. The molecule has 1 aromatic carbocycles. The molecule has 15 heavy (non-hydrogen) atoms. The zero-order valence-electron chi connectivity index (χ0n) is 8.78. The third-order valence-electron chi connectivity index (χ3n) is 2.51. The Morgan fingerprint density at radius 1 is 1.13 bits per heavy atom. The molecule has 2 aromatic rings. The molecule has 0 amide bonds. The van der Waals surface area contributed by atoms with Gasteiger partial charge < -0.3 is 0 Å². The molecule has 0 saturated heterocycles. The van der Waals surface area contributed by atoms with Gasteiger partial charge in [-0.1, -0.05) is 18.2 Å². The minimum Gasteiger partial charge on any atom is -0.288 e. The molecule has 0 bridgehead atoms. The van der Waals surface area contributed by atoms with E-state index >= 15 is 0 Å². The van der Waals surface area contributed by atoms with Crippen LogP contribution >= 0.6 is 11.3 Å². The minimum absolute atomic E-state index is 0.119. The quantitative estimate of drug-likeness (QED) is 0.701. The lowest BCUT2D eigenvalue weighted by atomic mass is 10.0. The highest BCUT2D eigenvalue weighted by Gasteiger charge is 2.09. The van der Waals surface area contributed by atoms with E-state index in [1.54, 1.807) is 0 Å². The number of ketones is 1. The Hall–Kier alpha value is -1.41. The van der Waals surface area contributed by atoms with E-state index in [2.05, 4.69) is 6.92 Å². The molecule has 1 aromatic heterocycles. The van der Waals surface area contributed by atoms with Crippen LogP contribution in [0.4, 0.5) is 0 Å². The summed E-state index contributed by atoms with van der Waals surface area (Å²) < 4.78 is 0. The van der Waals surface area contributed by atoms with Gasteiger partial charge in [0.1, 0.15) is 0 Å². The summed E-state index contributed by atoms with van der Waals surface area (Å²) >= 11 is 1.49. The van der Waals surface area contributed by atoms with E-state index in [0.29, 0.717) is 0 Å². The van der Waals surface area contributed by atoms with E-state index in [1.807, 2.05) is 42.6 Å². The molecule has 2 rings (SSSR count). The standard InChI is InChI=1S/C13H12OS/c1-9-5-6-11(8-10(9)2)13(14)12-4-3-7-15-12/h3-8H,1-2H3. The first-order valence-electron chi connectivity index (χ1n) is 4.84. The number of thiophene rings is 1. The summed E-state index contributed by atoms with van der Waals surface area (Å²) in [7, 11) is 0. The Labute approximate surface area is 93.4 Å². The van der Waals surface area contributed by atoms with E-state index in [4.69, 9.17) is 0 Å². The van der Waals surface area contributed by atoms with Crippen LogP contribution in [0.3, 0.4) is 0 Å². The first kappa shape index (κ1) is 10.1. The van der Waals surface area contributed by atoms with Crippen molar-refractivity contribution in [1.29, 1.82) is 0 Å². The molecule has 0 atom stereocenters. The van der Waals surface area contributed by atoms with Gasteiger partial charge >= 0.3 is 0 Å². The number of benzene rings is 1.